The van der Waals surface area contributed by atoms with Gasteiger partial charge in [0.2, 0.25) is 0 Å². The third-order valence-corrected chi connectivity index (χ3v) is 4.91. The van der Waals surface area contributed by atoms with Crippen molar-refractivity contribution in [3.8, 4) is 5.75 Å². The summed E-state index contributed by atoms with van der Waals surface area (Å²) in [5.74, 6) is -0.0871. The number of ether oxygens (including phenoxy) is 1. The maximum absolute atomic E-state index is 12.1. The minimum Gasteiger partial charge on any atom is -0.423 e. The molecule has 0 atom stereocenters. The summed E-state index contributed by atoms with van der Waals surface area (Å²) in [7, 11) is 0. The molecule has 0 fully saturated rings. The highest BCUT2D eigenvalue weighted by atomic mass is 79.9. The smallest absolute Gasteiger partial charge is 0.353 e. The Morgan fingerprint density at radius 2 is 2.09 bits per heavy atom. The van der Waals surface area contributed by atoms with Gasteiger partial charge in [0.1, 0.15) is 16.2 Å². The summed E-state index contributed by atoms with van der Waals surface area (Å²) in [4.78, 5) is 24.2. The van der Waals surface area contributed by atoms with Crippen molar-refractivity contribution < 1.29 is 13.9 Å². The van der Waals surface area contributed by atoms with Crippen molar-refractivity contribution in [2.24, 2.45) is 0 Å². The van der Waals surface area contributed by atoms with E-state index in [1.54, 1.807) is 24.3 Å². The standard InChI is InChI=1S/C17H13BrO4S/c1-2-3-10-8-16(19)22-13-9-11(4-5-12(10)13)21-17(20)14-6-7-15(18)23-14/h4-9H,2-3H2,1H3. The number of benzene rings is 1. The Hall–Kier alpha value is -1.92. The van der Waals surface area contributed by atoms with E-state index in [9.17, 15) is 9.59 Å². The molecule has 0 aliphatic heterocycles. The molecule has 6 heteroatoms. The van der Waals surface area contributed by atoms with E-state index >= 15 is 0 Å². The van der Waals surface area contributed by atoms with Gasteiger partial charge in [-0.05, 0) is 52.2 Å². The molecule has 0 N–H and O–H groups in total. The molecular weight excluding hydrogens is 380 g/mol. The number of hydrogen-bond acceptors (Lipinski definition) is 5. The zero-order chi connectivity index (χ0) is 16.4. The van der Waals surface area contributed by atoms with Crippen LogP contribution in [0.25, 0.3) is 11.0 Å². The largest absolute Gasteiger partial charge is 0.423 e. The summed E-state index contributed by atoms with van der Waals surface area (Å²) in [6.45, 7) is 2.05. The molecule has 0 radical (unpaired) electrons. The minimum absolute atomic E-state index is 0.351. The number of thiophene rings is 1. The maximum Gasteiger partial charge on any atom is 0.353 e. The first-order valence-electron chi connectivity index (χ1n) is 7.11. The molecule has 118 valence electrons. The third-order valence-electron chi connectivity index (χ3n) is 3.31. The summed E-state index contributed by atoms with van der Waals surface area (Å²) < 4.78 is 11.4. The predicted octanol–water partition coefficient (Wildman–Crippen LogP) is 4.79. The zero-order valence-corrected chi connectivity index (χ0v) is 14.7. The van der Waals surface area contributed by atoms with Gasteiger partial charge in [0.05, 0.1) is 3.79 Å². The van der Waals surface area contributed by atoms with Gasteiger partial charge in [-0.15, -0.1) is 11.3 Å². The Labute approximate surface area is 144 Å². The van der Waals surface area contributed by atoms with Gasteiger partial charge < -0.3 is 9.15 Å². The minimum atomic E-state index is -0.438. The van der Waals surface area contributed by atoms with Crippen LogP contribution in [0, 0.1) is 0 Å². The summed E-state index contributed by atoms with van der Waals surface area (Å²) in [5, 5.41) is 0.866. The normalized spacial score (nSPS) is 10.9. The van der Waals surface area contributed by atoms with E-state index in [1.807, 2.05) is 6.07 Å². The molecule has 3 rings (SSSR count). The van der Waals surface area contributed by atoms with Gasteiger partial charge in [0.25, 0.3) is 0 Å². The van der Waals surface area contributed by atoms with E-state index < -0.39 is 11.6 Å². The molecule has 2 aromatic heterocycles. The van der Waals surface area contributed by atoms with E-state index in [4.69, 9.17) is 9.15 Å². The van der Waals surface area contributed by atoms with E-state index in [0.717, 1.165) is 27.6 Å². The molecule has 0 aliphatic rings. The van der Waals surface area contributed by atoms with Gasteiger partial charge in [-0.2, -0.15) is 0 Å². The molecule has 0 aliphatic carbocycles. The topological polar surface area (TPSA) is 56.5 Å². The van der Waals surface area contributed by atoms with E-state index in [1.165, 1.54) is 17.4 Å². The van der Waals surface area contributed by atoms with Crippen LogP contribution < -0.4 is 10.4 Å². The molecule has 0 amide bonds. The van der Waals surface area contributed by atoms with Crippen LogP contribution in [0.3, 0.4) is 0 Å². The van der Waals surface area contributed by atoms with Crippen molar-refractivity contribution in [2.45, 2.75) is 19.8 Å². The highest BCUT2D eigenvalue weighted by molar-refractivity contribution is 9.11. The first-order chi connectivity index (χ1) is 11.1. The quantitative estimate of drug-likeness (QED) is 0.363. The Kier molecular flexibility index (Phi) is 4.63. The Balaban J connectivity index is 1.94. The van der Waals surface area contributed by atoms with E-state index in [2.05, 4.69) is 22.9 Å². The van der Waals surface area contributed by atoms with Crippen LogP contribution >= 0.6 is 27.3 Å². The van der Waals surface area contributed by atoms with Gasteiger partial charge >= 0.3 is 11.6 Å². The second-order valence-electron chi connectivity index (χ2n) is 4.99. The van der Waals surface area contributed by atoms with Crippen LogP contribution in [0.1, 0.15) is 28.6 Å². The fourth-order valence-electron chi connectivity index (χ4n) is 2.33. The van der Waals surface area contributed by atoms with Gasteiger partial charge in [-0.1, -0.05) is 13.3 Å². The Morgan fingerprint density at radius 3 is 2.78 bits per heavy atom. The zero-order valence-electron chi connectivity index (χ0n) is 12.3. The first-order valence-corrected chi connectivity index (χ1v) is 8.72. The summed E-state index contributed by atoms with van der Waals surface area (Å²) in [6.07, 6.45) is 1.73. The lowest BCUT2D eigenvalue weighted by atomic mass is 10.1. The fourth-order valence-corrected chi connectivity index (χ4v) is 3.59. The van der Waals surface area contributed by atoms with Crippen LogP contribution in [0.15, 0.2) is 49.4 Å². The SMILES string of the molecule is CCCc1cc(=O)oc2cc(OC(=O)c3ccc(Br)s3)ccc12. The van der Waals surface area contributed by atoms with Crippen molar-refractivity contribution in [1.29, 1.82) is 0 Å². The predicted molar refractivity (Wildman–Crippen MR) is 93.5 cm³/mol. The molecule has 0 unspecified atom stereocenters. The monoisotopic (exact) mass is 392 g/mol. The van der Waals surface area contributed by atoms with Crippen molar-refractivity contribution in [1.82, 2.24) is 0 Å². The third kappa shape index (κ3) is 3.54. The van der Waals surface area contributed by atoms with Gasteiger partial charge in [0, 0.05) is 17.5 Å². The number of rotatable bonds is 4. The lowest BCUT2D eigenvalue weighted by Crippen LogP contribution is -2.06. The first kappa shape index (κ1) is 16.0. The summed E-state index contributed by atoms with van der Waals surface area (Å²) in [6, 6.07) is 10.1. The average Bonchev–Trinajstić information content (AvgIpc) is 2.94. The molecule has 23 heavy (non-hydrogen) atoms. The number of fused-ring (bicyclic) bond motifs is 1. The van der Waals surface area contributed by atoms with E-state index in [0.29, 0.717) is 16.2 Å². The Morgan fingerprint density at radius 1 is 1.26 bits per heavy atom. The average molecular weight is 393 g/mol. The van der Waals surface area contributed by atoms with Crippen LogP contribution in [0.2, 0.25) is 0 Å². The molecular formula is C17H13BrO4S. The van der Waals surface area contributed by atoms with Gasteiger partial charge in [-0.25, -0.2) is 9.59 Å². The molecule has 1 aromatic carbocycles. The number of carbonyl (C=O) groups excluding carboxylic acids is 1. The number of hydrogen-bond donors (Lipinski definition) is 0. The van der Waals surface area contributed by atoms with Crippen LogP contribution in [-0.2, 0) is 6.42 Å². The van der Waals surface area contributed by atoms with Gasteiger partial charge in [0.15, 0.2) is 0 Å². The fraction of sp³-hybridized carbons (Fsp3) is 0.176. The molecule has 4 nitrogen and oxygen atoms in total. The number of esters is 1. The lowest BCUT2D eigenvalue weighted by Gasteiger charge is -2.06. The van der Waals surface area contributed by atoms with Crippen LogP contribution in [0.4, 0.5) is 0 Å². The van der Waals surface area contributed by atoms with Crippen molar-refractivity contribution in [3.63, 3.8) is 0 Å². The molecule has 0 saturated heterocycles. The maximum atomic E-state index is 12.1. The van der Waals surface area contributed by atoms with Crippen LogP contribution in [0.5, 0.6) is 5.75 Å². The molecule has 3 aromatic rings. The number of halogens is 1. The highest BCUT2D eigenvalue weighted by Gasteiger charge is 2.13. The Bertz CT molecular complexity index is 926. The van der Waals surface area contributed by atoms with Crippen molar-refractivity contribution in [3.05, 3.63) is 61.0 Å². The second-order valence-corrected chi connectivity index (χ2v) is 7.45. The molecule has 0 bridgehead atoms. The summed E-state index contributed by atoms with van der Waals surface area (Å²) >= 11 is 4.61. The van der Waals surface area contributed by atoms with Crippen molar-refractivity contribution >= 4 is 44.2 Å². The lowest BCUT2D eigenvalue weighted by molar-refractivity contribution is 0.0740. The van der Waals surface area contributed by atoms with E-state index in [-0.39, 0.29) is 0 Å². The number of aryl methyl sites for hydroxylation is 1. The molecule has 2 heterocycles. The van der Waals surface area contributed by atoms with Crippen molar-refractivity contribution in [2.75, 3.05) is 0 Å². The second kappa shape index (κ2) is 6.68. The molecule has 0 spiro atoms. The number of carbonyl (C=O) groups is 1. The molecule has 0 saturated carbocycles. The highest BCUT2D eigenvalue weighted by Crippen LogP contribution is 2.26. The van der Waals surface area contributed by atoms with Gasteiger partial charge in [-0.3, -0.25) is 0 Å². The van der Waals surface area contributed by atoms with Crippen LogP contribution in [-0.4, -0.2) is 5.97 Å². The summed E-state index contributed by atoms with van der Waals surface area (Å²) in [5.41, 5.74) is 0.976.